The topological polar surface area (TPSA) is 38.8 Å². The summed E-state index contributed by atoms with van der Waals surface area (Å²) in [6, 6.07) is 7.89. The minimum atomic E-state index is -0.557. The lowest BCUT2D eigenvalue weighted by molar-refractivity contribution is -0.150. The SMILES string of the molecule is CC(C)(C)OC(=O)N(C/C=C/CBr)OCc1ccccc1I. The van der Waals surface area contributed by atoms with Crippen LogP contribution in [0.2, 0.25) is 0 Å². The second-order valence-corrected chi connectivity index (χ2v) is 7.34. The molecule has 122 valence electrons. The number of benzene rings is 1. The summed E-state index contributed by atoms with van der Waals surface area (Å²) >= 11 is 5.55. The fraction of sp³-hybridized carbons (Fsp3) is 0.438. The fourth-order valence-corrected chi connectivity index (χ4v) is 2.30. The number of nitrogens with zero attached hydrogens (tertiary/aromatic N) is 1. The van der Waals surface area contributed by atoms with Gasteiger partial charge in [-0.05, 0) is 55.0 Å². The molecule has 1 rings (SSSR count). The molecule has 0 saturated heterocycles. The lowest BCUT2D eigenvalue weighted by Crippen LogP contribution is -2.37. The molecule has 0 spiro atoms. The molecule has 0 radical (unpaired) electrons. The van der Waals surface area contributed by atoms with Crippen LogP contribution < -0.4 is 0 Å². The number of halogens is 2. The maximum absolute atomic E-state index is 12.2. The van der Waals surface area contributed by atoms with Crippen LogP contribution >= 0.6 is 38.5 Å². The first-order chi connectivity index (χ1) is 10.3. The van der Waals surface area contributed by atoms with Crippen LogP contribution in [-0.2, 0) is 16.2 Å². The second kappa shape index (κ2) is 9.52. The Morgan fingerprint density at radius 2 is 2.00 bits per heavy atom. The van der Waals surface area contributed by atoms with Crippen LogP contribution in [0.4, 0.5) is 4.79 Å². The van der Waals surface area contributed by atoms with Gasteiger partial charge in [0.1, 0.15) is 12.2 Å². The van der Waals surface area contributed by atoms with E-state index in [9.17, 15) is 4.79 Å². The molecular weight excluding hydrogens is 461 g/mol. The summed E-state index contributed by atoms with van der Waals surface area (Å²) in [5.41, 5.74) is 0.472. The number of carbonyl (C=O) groups excluding carboxylic acids is 1. The highest BCUT2D eigenvalue weighted by atomic mass is 127. The van der Waals surface area contributed by atoms with Crippen molar-refractivity contribution < 1.29 is 14.4 Å². The first kappa shape index (κ1) is 19.4. The van der Waals surface area contributed by atoms with Gasteiger partial charge < -0.3 is 4.74 Å². The largest absolute Gasteiger partial charge is 0.442 e. The lowest BCUT2D eigenvalue weighted by Gasteiger charge is -2.26. The minimum absolute atomic E-state index is 0.320. The van der Waals surface area contributed by atoms with Gasteiger partial charge >= 0.3 is 6.09 Å². The van der Waals surface area contributed by atoms with Crippen LogP contribution in [-0.4, -0.2) is 28.6 Å². The van der Waals surface area contributed by atoms with Crippen LogP contribution in [0, 0.1) is 3.57 Å². The third-order valence-electron chi connectivity index (χ3n) is 2.46. The van der Waals surface area contributed by atoms with Crippen molar-refractivity contribution in [3.63, 3.8) is 0 Å². The summed E-state index contributed by atoms with van der Waals surface area (Å²) in [5.74, 6) is 0. The number of carbonyl (C=O) groups is 1. The standard InChI is InChI=1S/C16H21BrINO3/c1-16(2,3)22-15(20)19(11-7-6-10-17)21-12-13-8-4-5-9-14(13)18/h4-9H,10-12H2,1-3H3/b7-6+. The molecule has 1 aromatic carbocycles. The van der Waals surface area contributed by atoms with E-state index in [0.717, 1.165) is 14.5 Å². The average Bonchev–Trinajstić information content (AvgIpc) is 2.42. The first-order valence-corrected chi connectivity index (χ1v) is 9.11. The molecule has 0 N–H and O–H groups in total. The summed E-state index contributed by atoms with van der Waals surface area (Å²) in [6.07, 6.45) is 3.28. The molecule has 0 unspecified atom stereocenters. The molecule has 0 bridgehead atoms. The summed E-state index contributed by atoms with van der Waals surface area (Å²) in [4.78, 5) is 17.8. The molecule has 6 heteroatoms. The zero-order chi connectivity index (χ0) is 16.6. The number of amides is 1. The molecule has 1 aromatic rings. The number of hydrogen-bond acceptors (Lipinski definition) is 3. The number of allylic oxidation sites excluding steroid dienone is 1. The molecule has 0 aliphatic carbocycles. The van der Waals surface area contributed by atoms with Gasteiger partial charge in [0.25, 0.3) is 0 Å². The molecule has 0 atom stereocenters. The normalized spacial score (nSPS) is 11.7. The fourth-order valence-electron chi connectivity index (χ4n) is 1.49. The summed E-state index contributed by atoms with van der Waals surface area (Å²) < 4.78 is 6.46. The summed E-state index contributed by atoms with van der Waals surface area (Å²) in [7, 11) is 0. The highest BCUT2D eigenvalue weighted by Crippen LogP contribution is 2.15. The highest BCUT2D eigenvalue weighted by molar-refractivity contribution is 14.1. The molecule has 0 aromatic heterocycles. The van der Waals surface area contributed by atoms with E-state index < -0.39 is 11.7 Å². The Hall–Kier alpha value is -0.600. The van der Waals surface area contributed by atoms with E-state index in [1.807, 2.05) is 57.2 Å². The number of alkyl halides is 1. The van der Waals surface area contributed by atoms with Crippen molar-refractivity contribution in [3.05, 3.63) is 45.6 Å². The van der Waals surface area contributed by atoms with E-state index in [2.05, 4.69) is 38.5 Å². The molecule has 0 saturated carbocycles. The van der Waals surface area contributed by atoms with E-state index in [0.29, 0.717) is 13.2 Å². The van der Waals surface area contributed by atoms with Crippen LogP contribution in [0.5, 0.6) is 0 Å². The van der Waals surface area contributed by atoms with Gasteiger partial charge in [0.15, 0.2) is 0 Å². The van der Waals surface area contributed by atoms with Crippen molar-refractivity contribution >= 4 is 44.6 Å². The molecule has 0 fully saturated rings. The summed E-state index contributed by atoms with van der Waals surface area (Å²) in [5, 5.41) is 1.97. The van der Waals surface area contributed by atoms with Crippen molar-refractivity contribution in [2.24, 2.45) is 0 Å². The van der Waals surface area contributed by atoms with Gasteiger partial charge in [-0.3, -0.25) is 4.84 Å². The Balaban J connectivity index is 2.71. The Bertz CT molecular complexity index is 514. The van der Waals surface area contributed by atoms with Gasteiger partial charge in [0.05, 0.1) is 6.54 Å². The highest BCUT2D eigenvalue weighted by Gasteiger charge is 2.22. The Morgan fingerprint density at radius 3 is 2.59 bits per heavy atom. The maximum Gasteiger partial charge on any atom is 0.434 e. The molecule has 0 aliphatic rings. The smallest absolute Gasteiger partial charge is 0.434 e. The van der Waals surface area contributed by atoms with Gasteiger partial charge in [-0.2, -0.15) is 5.06 Å². The van der Waals surface area contributed by atoms with Crippen molar-refractivity contribution in [1.82, 2.24) is 5.06 Å². The molecule has 4 nitrogen and oxygen atoms in total. The van der Waals surface area contributed by atoms with Gasteiger partial charge in [-0.25, -0.2) is 4.79 Å². The number of ether oxygens (including phenoxy) is 1. The minimum Gasteiger partial charge on any atom is -0.442 e. The van der Waals surface area contributed by atoms with Crippen molar-refractivity contribution in [2.45, 2.75) is 33.0 Å². The Morgan fingerprint density at radius 1 is 1.32 bits per heavy atom. The zero-order valence-corrected chi connectivity index (χ0v) is 16.8. The number of hydroxylamine groups is 2. The van der Waals surface area contributed by atoms with Crippen LogP contribution in [0.15, 0.2) is 36.4 Å². The quantitative estimate of drug-likeness (QED) is 0.251. The van der Waals surface area contributed by atoms with Gasteiger partial charge in [0.2, 0.25) is 0 Å². The average molecular weight is 482 g/mol. The van der Waals surface area contributed by atoms with Crippen molar-refractivity contribution in [3.8, 4) is 0 Å². The van der Waals surface area contributed by atoms with E-state index in [1.54, 1.807) is 0 Å². The van der Waals surface area contributed by atoms with Gasteiger partial charge in [-0.15, -0.1) is 0 Å². The molecule has 22 heavy (non-hydrogen) atoms. The molecule has 0 aliphatic heterocycles. The van der Waals surface area contributed by atoms with E-state index in [1.165, 1.54) is 5.06 Å². The zero-order valence-electron chi connectivity index (χ0n) is 13.0. The Kier molecular flexibility index (Phi) is 8.41. The van der Waals surface area contributed by atoms with Crippen molar-refractivity contribution in [2.75, 3.05) is 11.9 Å². The second-order valence-electron chi connectivity index (χ2n) is 5.53. The predicted octanol–water partition coefficient (Wildman–Crippen LogP) is 4.91. The third kappa shape index (κ3) is 7.60. The van der Waals surface area contributed by atoms with Gasteiger partial charge in [-0.1, -0.05) is 46.3 Å². The van der Waals surface area contributed by atoms with E-state index in [-0.39, 0.29) is 0 Å². The Labute approximate surface area is 154 Å². The molecular formula is C16H21BrINO3. The summed E-state index contributed by atoms with van der Waals surface area (Å²) in [6.45, 7) is 6.15. The number of hydrogen-bond donors (Lipinski definition) is 0. The maximum atomic E-state index is 12.2. The molecule has 1 amide bonds. The monoisotopic (exact) mass is 481 g/mol. The predicted molar refractivity (Wildman–Crippen MR) is 99.8 cm³/mol. The lowest BCUT2D eigenvalue weighted by atomic mass is 10.2. The van der Waals surface area contributed by atoms with E-state index >= 15 is 0 Å². The van der Waals surface area contributed by atoms with Gasteiger partial charge in [0, 0.05) is 8.90 Å². The van der Waals surface area contributed by atoms with Crippen molar-refractivity contribution in [1.29, 1.82) is 0 Å². The first-order valence-electron chi connectivity index (χ1n) is 6.91. The van der Waals surface area contributed by atoms with E-state index in [4.69, 9.17) is 9.57 Å². The van der Waals surface area contributed by atoms with Crippen LogP contribution in [0.1, 0.15) is 26.3 Å². The van der Waals surface area contributed by atoms with Crippen LogP contribution in [0.25, 0.3) is 0 Å². The number of rotatable bonds is 6. The third-order valence-corrected chi connectivity index (χ3v) is 3.88. The molecule has 0 heterocycles. The van der Waals surface area contributed by atoms with Crippen LogP contribution in [0.3, 0.4) is 0 Å².